The molecule has 2 rings (SSSR count). The van der Waals surface area contributed by atoms with Gasteiger partial charge in [0.1, 0.15) is 0 Å². The van der Waals surface area contributed by atoms with Crippen LogP contribution in [0, 0.1) is 0 Å². The van der Waals surface area contributed by atoms with Gasteiger partial charge in [-0.1, -0.05) is 6.08 Å². The normalized spacial score (nSPS) is 23.8. The molecule has 0 saturated heterocycles. The maximum Gasteiger partial charge on any atom is 0.159 e. The lowest BCUT2D eigenvalue weighted by atomic mass is 9.95. The highest BCUT2D eigenvalue weighted by molar-refractivity contribution is 8.05. The van der Waals surface area contributed by atoms with Gasteiger partial charge in [0.2, 0.25) is 0 Å². The number of rotatable bonds is 0. The summed E-state index contributed by atoms with van der Waals surface area (Å²) in [6.45, 7) is 0. The van der Waals surface area contributed by atoms with Crippen molar-refractivity contribution in [1.29, 1.82) is 0 Å². The molecule has 2 heteroatoms. The number of allylic oxidation sites excluding steroid dienone is 3. The fraction of sp³-hybridized carbons (Fsp3) is 0.444. The number of carbonyl (C=O) groups is 1. The van der Waals surface area contributed by atoms with E-state index >= 15 is 0 Å². The Labute approximate surface area is 70.6 Å². The fourth-order valence-electron chi connectivity index (χ4n) is 1.52. The predicted molar refractivity (Wildman–Crippen MR) is 47.2 cm³/mol. The van der Waals surface area contributed by atoms with Gasteiger partial charge < -0.3 is 0 Å². The van der Waals surface area contributed by atoms with Gasteiger partial charge in [-0.15, -0.1) is 11.8 Å². The van der Waals surface area contributed by atoms with Crippen LogP contribution in [-0.2, 0) is 4.79 Å². The zero-order chi connectivity index (χ0) is 7.68. The number of thioether (sulfide) groups is 1. The summed E-state index contributed by atoms with van der Waals surface area (Å²) in [6.07, 6.45) is 5.90. The Morgan fingerprint density at radius 2 is 2.27 bits per heavy atom. The first-order valence-corrected chi connectivity index (χ1v) is 4.83. The van der Waals surface area contributed by atoms with Gasteiger partial charge >= 0.3 is 0 Å². The molecular formula is C9H10OS. The number of Topliss-reactive ketones (excluding diaryl/α,β-unsaturated/α-hetero) is 1. The Bertz CT molecular complexity index is 250. The lowest BCUT2D eigenvalue weighted by molar-refractivity contribution is -0.116. The summed E-state index contributed by atoms with van der Waals surface area (Å²) in [5, 5.41) is 2.09. The van der Waals surface area contributed by atoms with Crippen LogP contribution in [0.25, 0.3) is 0 Å². The maximum absolute atomic E-state index is 11.3. The van der Waals surface area contributed by atoms with Crippen molar-refractivity contribution in [3.8, 4) is 0 Å². The van der Waals surface area contributed by atoms with Crippen molar-refractivity contribution in [3.05, 3.63) is 22.0 Å². The topological polar surface area (TPSA) is 17.1 Å². The summed E-state index contributed by atoms with van der Waals surface area (Å²) in [5.41, 5.74) is 1.09. The first-order chi connectivity index (χ1) is 5.38. The Morgan fingerprint density at radius 1 is 1.36 bits per heavy atom. The molecule has 0 amide bonds. The smallest absolute Gasteiger partial charge is 0.159 e. The van der Waals surface area contributed by atoms with Crippen LogP contribution in [0.1, 0.15) is 25.7 Å². The number of ketones is 1. The Kier molecular flexibility index (Phi) is 1.86. The second kappa shape index (κ2) is 2.86. The standard InChI is InChI=1S/C9H10OS/c10-8-4-1-5-9-7(8)3-2-6-11-9/h2,6H,1,3-5H2. The number of hydrogen-bond acceptors (Lipinski definition) is 2. The summed E-state index contributed by atoms with van der Waals surface area (Å²) < 4.78 is 0. The second-order valence-corrected chi connectivity index (χ2v) is 3.87. The molecule has 0 atom stereocenters. The van der Waals surface area contributed by atoms with Crippen LogP contribution in [-0.4, -0.2) is 5.78 Å². The molecule has 0 radical (unpaired) electrons. The van der Waals surface area contributed by atoms with Crippen molar-refractivity contribution >= 4 is 17.5 Å². The second-order valence-electron chi connectivity index (χ2n) is 2.87. The van der Waals surface area contributed by atoms with Gasteiger partial charge in [0.05, 0.1) is 0 Å². The van der Waals surface area contributed by atoms with E-state index in [0.29, 0.717) is 5.78 Å². The minimum Gasteiger partial charge on any atom is -0.295 e. The molecule has 1 nitrogen and oxygen atoms in total. The molecule has 0 bridgehead atoms. The molecule has 2 aliphatic rings. The van der Waals surface area contributed by atoms with Crippen molar-refractivity contribution in [2.75, 3.05) is 0 Å². The maximum atomic E-state index is 11.3. The molecule has 0 unspecified atom stereocenters. The molecule has 0 N–H and O–H groups in total. The van der Waals surface area contributed by atoms with E-state index in [0.717, 1.165) is 31.3 Å². The average Bonchev–Trinajstić information content (AvgIpc) is 2.06. The first-order valence-electron chi connectivity index (χ1n) is 3.95. The van der Waals surface area contributed by atoms with Gasteiger partial charge in [0.25, 0.3) is 0 Å². The molecule has 0 aromatic heterocycles. The van der Waals surface area contributed by atoms with Crippen molar-refractivity contribution in [3.63, 3.8) is 0 Å². The highest BCUT2D eigenvalue weighted by atomic mass is 32.2. The van der Waals surface area contributed by atoms with Gasteiger partial charge in [-0.05, 0) is 29.6 Å². The summed E-state index contributed by atoms with van der Waals surface area (Å²) in [7, 11) is 0. The fourth-order valence-corrected chi connectivity index (χ4v) is 2.48. The van der Waals surface area contributed by atoms with Crippen LogP contribution in [0.4, 0.5) is 0 Å². The summed E-state index contributed by atoms with van der Waals surface area (Å²) in [5.74, 6) is 0.378. The van der Waals surface area contributed by atoms with Crippen molar-refractivity contribution in [1.82, 2.24) is 0 Å². The van der Waals surface area contributed by atoms with Gasteiger partial charge in [-0.2, -0.15) is 0 Å². The highest BCUT2D eigenvalue weighted by Crippen LogP contribution is 2.36. The van der Waals surface area contributed by atoms with E-state index in [9.17, 15) is 4.79 Å². The molecule has 0 saturated carbocycles. The third-order valence-electron chi connectivity index (χ3n) is 2.11. The van der Waals surface area contributed by atoms with Crippen molar-refractivity contribution in [2.24, 2.45) is 0 Å². The van der Waals surface area contributed by atoms with Gasteiger partial charge in [0.15, 0.2) is 5.78 Å². The third kappa shape index (κ3) is 1.27. The molecule has 1 heterocycles. The third-order valence-corrected chi connectivity index (χ3v) is 3.17. The molecule has 0 aromatic rings. The van der Waals surface area contributed by atoms with E-state index < -0.39 is 0 Å². The van der Waals surface area contributed by atoms with E-state index in [4.69, 9.17) is 0 Å². The van der Waals surface area contributed by atoms with E-state index in [1.54, 1.807) is 11.8 Å². The summed E-state index contributed by atoms with van der Waals surface area (Å²) in [4.78, 5) is 12.6. The van der Waals surface area contributed by atoms with Gasteiger partial charge in [-0.25, -0.2) is 0 Å². The lowest BCUT2D eigenvalue weighted by Crippen LogP contribution is -2.10. The van der Waals surface area contributed by atoms with Crippen LogP contribution < -0.4 is 0 Å². The SMILES string of the molecule is O=C1CCCC2=C1CC=CS2. The number of hydrogen-bond donors (Lipinski definition) is 0. The predicted octanol–water partition coefficient (Wildman–Crippen LogP) is 2.64. The van der Waals surface area contributed by atoms with Crippen LogP contribution in [0.2, 0.25) is 0 Å². The van der Waals surface area contributed by atoms with Crippen LogP contribution in [0.5, 0.6) is 0 Å². The molecule has 58 valence electrons. The Hall–Kier alpha value is -0.500. The largest absolute Gasteiger partial charge is 0.295 e. The molecule has 11 heavy (non-hydrogen) atoms. The Balaban J connectivity index is 2.29. The summed E-state index contributed by atoms with van der Waals surface area (Å²) >= 11 is 1.73. The first kappa shape index (κ1) is 7.17. The van der Waals surface area contributed by atoms with Crippen molar-refractivity contribution in [2.45, 2.75) is 25.7 Å². The van der Waals surface area contributed by atoms with Gasteiger partial charge in [-0.3, -0.25) is 4.79 Å². The molecule has 0 spiro atoms. The molecule has 0 aromatic carbocycles. The van der Waals surface area contributed by atoms with Crippen LogP contribution in [0.3, 0.4) is 0 Å². The van der Waals surface area contributed by atoms with Crippen LogP contribution >= 0.6 is 11.8 Å². The average molecular weight is 166 g/mol. The van der Waals surface area contributed by atoms with E-state index in [2.05, 4.69) is 11.5 Å². The quantitative estimate of drug-likeness (QED) is 0.550. The lowest BCUT2D eigenvalue weighted by Gasteiger charge is -2.19. The highest BCUT2D eigenvalue weighted by Gasteiger charge is 2.20. The van der Waals surface area contributed by atoms with E-state index in [1.807, 2.05) is 0 Å². The summed E-state index contributed by atoms with van der Waals surface area (Å²) in [6, 6.07) is 0. The Morgan fingerprint density at radius 3 is 3.09 bits per heavy atom. The molecule has 1 aliphatic carbocycles. The molecule has 0 fully saturated rings. The van der Waals surface area contributed by atoms with Crippen molar-refractivity contribution < 1.29 is 4.79 Å². The van der Waals surface area contributed by atoms with E-state index in [-0.39, 0.29) is 0 Å². The monoisotopic (exact) mass is 166 g/mol. The zero-order valence-corrected chi connectivity index (χ0v) is 7.12. The molecular weight excluding hydrogens is 156 g/mol. The zero-order valence-electron chi connectivity index (χ0n) is 6.30. The molecule has 1 aliphatic heterocycles. The number of carbonyl (C=O) groups excluding carboxylic acids is 1. The van der Waals surface area contributed by atoms with Gasteiger partial charge in [0, 0.05) is 12.0 Å². The van der Waals surface area contributed by atoms with E-state index in [1.165, 1.54) is 4.91 Å². The minimum absolute atomic E-state index is 0.378. The minimum atomic E-state index is 0.378. The van der Waals surface area contributed by atoms with Crippen LogP contribution in [0.15, 0.2) is 22.0 Å².